The van der Waals surface area contributed by atoms with Gasteiger partial charge in [0.05, 0.1) is 10.9 Å². The van der Waals surface area contributed by atoms with Crippen LogP contribution in [0.1, 0.15) is 32.2 Å². The summed E-state index contributed by atoms with van der Waals surface area (Å²) in [6.45, 7) is 2.29. The molecule has 1 saturated heterocycles. The van der Waals surface area contributed by atoms with Crippen molar-refractivity contribution in [3.63, 3.8) is 0 Å². The van der Waals surface area contributed by atoms with Gasteiger partial charge in [-0.05, 0) is 43.4 Å². The maximum Gasteiger partial charge on any atom is 0.329 e. The summed E-state index contributed by atoms with van der Waals surface area (Å²) >= 11 is 1.62. The van der Waals surface area contributed by atoms with Crippen molar-refractivity contribution in [3.8, 4) is 0 Å². The van der Waals surface area contributed by atoms with E-state index in [0.717, 1.165) is 5.75 Å². The van der Waals surface area contributed by atoms with Crippen molar-refractivity contribution in [3.05, 3.63) is 45.1 Å². The number of aromatic nitrogens is 2. The van der Waals surface area contributed by atoms with E-state index >= 15 is 0 Å². The summed E-state index contributed by atoms with van der Waals surface area (Å²) in [5.41, 5.74) is -0.196. The van der Waals surface area contributed by atoms with Crippen LogP contribution in [-0.2, 0) is 9.59 Å². The lowest BCUT2D eigenvalue weighted by Crippen LogP contribution is -2.51. The fourth-order valence-corrected chi connectivity index (χ4v) is 4.28. The monoisotopic (exact) mass is 418 g/mol. The van der Waals surface area contributed by atoms with Gasteiger partial charge in [-0.3, -0.25) is 19.0 Å². The minimum absolute atomic E-state index is 0.104. The van der Waals surface area contributed by atoms with Crippen LogP contribution < -0.4 is 16.6 Å². The fourth-order valence-electron chi connectivity index (χ4n) is 3.81. The number of fused-ring (bicyclic) bond motifs is 1. The minimum atomic E-state index is -0.539. The number of H-pyrrole nitrogens is 1. The van der Waals surface area contributed by atoms with Crippen LogP contribution in [0.2, 0.25) is 0 Å². The lowest BCUT2D eigenvalue weighted by molar-refractivity contribution is -0.137. The molecule has 1 aliphatic rings. The Bertz CT molecular complexity index is 1010. The molecule has 8 nitrogen and oxygen atoms in total. The van der Waals surface area contributed by atoms with Gasteiger partial charge in [0.1, 0.15) is 6.04 Å². The molecule has 1 aromatic heterocycles. The predicted octanol–water partition coefficient (Wildman–Crippen LogP) is 1.11. The summed E-state index contributed by atoms with van der Waals surface area (Å²) < 4.78 is 1.28. The van der Waals surface area contributed by atoms with Gasteiger partial charge in [-0.1, -0.05) is 12.1 Å². The van der Waals surface area contributed by atoms with Crippen LogP contribution in [0, 0.1) is 0 Å². The van der Waals surface area contributed by atoms with Crippen LogP contribution in [0.5, 0.6) is 0 Å². The summed E-state index contributed by atoms with van der Waals surface area (Å²) in [5.74, 6) is 0.440. The average molecular weight is 419 g/mol. The molecule has 1 atom stereocenters. The Hall–Kier alpha value is -2.55. The van der Waals surface area contributed by atoms with Crippen LogP contribution in [0.4, 0.5) is 0 Å². The molecule has 9 heteroatoms. The predicted molar refractivity (Wildman–Crippen MR) is 114 cm³/mol. The molecule has 0 bridgehead atoms. The van der Waals surface area contributed by atoms with Crippen LogP contribution in [-0.4, -0.2) is 57.4 Å². The Kier molecular flexibility index (Phi) is 6.79. The SMILES string of the molecule is CSCCC(NC(C)=O)C(=O)N1CCC(n2c(=O)[nH]c3ccccc3c2=O)CC1. The highest BCUT2D eigenvalue weighted by atomic mass is 32.2. The zero-order valence-electron chi connectivity index (χ0n) is 16.6. The molecule has 2 amide bonds. The van der Waals surface area contributed by atoms with E-state index < -0.39 is 11.7 Å². The van der Waals surface area contributed by atoms with E-state index in [-0.39, 0.29) is 23.4 Å². The molecule has 2 N–H and O–H groups in total. The number of nitrogens with zero attached hydrogens (tertiary/aromatic N) is 2. The Balaban J connectivity index is 1.74. The van der Waals surface area contributed by atoms with E-state index in [4.69, 9.17) is 0 Å². The Morgan fingerprint density at radius 1 is 1.24 bits per heavy atom. The number of para-hydroxylation sites is 1. The highest BCUT2D eigenvalue weighted by Gasteiger charge is 2.30. The first kappa shape index (κ1) is 21.2. The first-order valence-electron chi connectivity index (χ1n) is 9.70. The van der Waals surface area contributed by atoms with Crippen molar-refractivity contribution in [2.24, 2.45) is 0 Å². The summed E-state index contributed by atoms with van der Waals surface area (Å²) in [5, 5.41) is 3.22. The quantitative estimate of drug-likeness (QED) is 0.731. The molecule has 0 radical (unpaired) electrons. The van der Waals surface area contributed by atoms with Gasteiger partial charge in [-0.15, -0.1) is 0 Å². The second-order valence-corrected chi connectivity index (χ2v) is 8.23. The van der Waals surface area contributed by atoms with E-state index in [0.29, 0.717) is 43.3 Å². The van der Waals surface area contributed by atoms with Crippen molar-refractivity contribution in [2.45, 2.75) is 38.3 Å². The van der Waals surface area contributed by atoms with E-state index in [1.807, 2.05) is 6.26 Å². The summed E-state index contributed by atoms with van der Waals surface area (Å²) in [4.78, 5) is 54.1. The van der Waals surface area contributed by atoms with Gasteiger partial charge >= 0.3 is 5.69 Å². The molecule has 0 aliphatic carbocycles. The number of nitrogens with one attached hydrogen (secondary N) is 2. The molecule has 3 rings (SSSR count). The van der Waals surface area contributed by atoms with Crippen molar-refractivity contribution in [1.29, 1.82) is 0 Å². The molecule has 0 spiro atoms. The van der Waals surface area contributed by atoms with E-state index in [1.165, 1.54) is 11.5 Å². The van der Waals surface area contributed by atoms with Crippen LogP contribution in [0.25, 0.3) is 10.9 Å². The number of rotatable bonds is 6. The maximum absolute atomic E-state index is 12.9. The maximum atomic E-state index is 12.9. The van der Waals surface area contributed by atoms with Crippen LogP contribution >= 0.6 is 11.8 Å². The lowest BCUT2D eigenvalue weighted by Gasteiger charge is -2.34. The number of carbonyl (C=O) groups excluding carboxylic acids is 2. The number of hydrogen-bond donors (Lipinski definition) is 2. The third kappa shape index (κ3) is 4.72. The normalized spacial score (nSPS) is 16.0. The molecule has 1 unspecified atom stereocenters. The summed E-state index contributed by atoms with van der Waals surface area (Å²) in [6.07, 6.45) is 3.56. The second kappa shape index (κ2) is 9.30. The summed E-state index contributed by atoms with van der Waals surface area (Å²) in [7, 11) is 0. The molecule has 2 aromatic rings. The zero-order chi connectivity index (χ0) is 21.0. The first-order valence-corrected chi connectivity index (χ1v) is 11.1. The number of aromatic amines is 1. The highest BCUT2D eigenvalue weighted by molar-refractivity contribution is 7.98. The van der Waals surface area contributed by atoms with Crippen molar-refractivity contribution in [2.75, 3.05) is 25.1 Å². The van der Waals surface area contributed by atoms with Crippen LogP contribution in [0.3, 0.4) is 0 Å². The lowest BCUT2D eigenvalue weighted by atomic mass is 10.0. The van der Waals surface area contributed by atoms with E-state index in [9.17, 15) is 19.2 Å². The van der Waals surface area contributed by atoms with Gasteiger partial charge in [0.25, 0.3) is 5.56 Å². The first-order chi connectivity index (χ1) is 13.9. The van der Waals surface area contributed by atoms with Crippen LogP contribution in [0.15, 0.2) is 33.9 Å². The number of piperidine rings is 1. The number of likely N-dealkylation sites (tertiary alicyclic amines) is 1. The summed E-state index contributed by atoms with van der Waals surface area (Å²) in [6, 6.07) is 6.15. The Morgan fingerprint density at radius 3 is 2.59 bits per heavy atom. The Morgan fingerprint density at radius 2 is 1.93 bits per heavy atom. The van der Waals surface area contributed by atoms with Crippen molar-refractivity contribution >= 4 is 34.5 Å². The van der Waals surface area contributed by atoms with Gasteiger partial charge in [-0.25, -0.2) is 4.79 Å². The number of thioether (sulfide) groups is 1. The highest BCUT2D eigenvalue weighted by Crippen LogP contribution is 2.21. The fraction of sp³-hybridized carbons (Fsp3) is 0.500. The number of amides is 2. The van der Waals surface area contributed by atoms with Gasteiger partial charge in [0.2, 0.25) is 11.8 Å². The molecule has 1 aliphatic heterocycles. The average Bonchev–Trinajstić information content (AvgIpc) is 2.71. The molecular formula is C20H26N4O4S. The smallest absolute Gasteiger partial charge is 0.329 e. The standard InChI is InChI=1S/C20H26N4O4S/c1-13(25)21-17(9-12-29-2)19(27)23-10-7-14(8-11-23)24-18(26)15-5-3-4-6-16(15)22-20(24)28/h3-6,14,17H,7-12H2,1-2H3,(H,21,25)(H,22,28). The van der Waals surface area contributed by atoms with Crippen molar-refractivity contribution < 1.29 is 9.59 Å². The number of benzene rings is 1. The number of carbonyl (C=O) groups is 2. The van der Waals surface area contributed by atoms with Gasteiger partial charge in [0, 0.05) is 26.1 Å². The second-order valence-electron chi connectivity index (χ2n) is 7.24. The molecule has 29 heavy (non-hydrogen) atoms. The molecule has 1 fully saturated rings. The molecule has 1 aromatic carbocycles. The van der Waals surface area contributed by atoms with Gasteiger partial charge in [0.15, 0.2) is 0 Å². The molecule has 156 valence electrons. The Labute approximate surface area is 172 Å². The topological polar surface area (TPSA) is 104 Å². The molecule has 2 heterocycles. The molecular weight excluding hydrogens is 392 g/mol. The largest absolute Gasteiger partial charge is 0.345 e. The van der Waals surface area contributed by atoms with Crippen molar-refractivity contribution in [1.82, 2.24) is 19.8 Å². The van der Waals surface area contributed by atoms with E-state index in [2.05, 4.69) is 10.3 Å². The van der Waals surface area contributed by atoms with Gasteiger partial charge < -0.3 is 15.2 Å². The van der Waals surface area contributed by atoms with E-state index in [1.54, 1.807) is 40.9 Å². The zero-order valence-corrected chi connectivity index (χ0v) is 17.5. The molecule has 0 saturated carbocycles. The minimum Gasteiger partial charge on any atom is -0.345 e. The van der Waals surface area contributed by atoms with Gasteiger partial charge in [-0.2, -0.15) is 11.8 Å². The third-order valence-corrected chi connectivity index (χ3v) is 5.91. The number of hydrogen-bond acceptors (Lipinski definition) is 5. The third-order valence-electron chi connectivity index (χ3n) is 5.26.